The number of nitrogens with zero attached hydrogens (tertiary/aromatic N) is 2. The summed E-state index contributed by atoms with van der Waals surface area (Å²) in [5.74, 6) is -1.35. The number of nitro benzene ring substituents is 2. The molecule has 0 saturated heterocycles. The van der Waals surface area contributed by atoms with Gasteiger partial charge in [-0.2, -0.15) is 0 Å². The average molecular weight is 460 g/mol. The van der Waals surface area contributed by atoms with E-state index in [4.69, 9.17) is 9.47 Å². The van der Waals surface area contributed by atoms with Gasteiger partial charge in [-0.15, -0.1) is 0 Å². The Morgan fingerprint density at radius 3 is 1.47 bits per heavy atom. The zero-order valence-corrected chi connectivity index (χ0v) is 17.4. The number of benzene rings is 3. The second-order valence-corrected chi connectivity index (χ2v) is 6.69. The molecule has 34 heavy (non-hydrogen) atoms. The SMILES string of the molecule is O=C(/C=C/c1cccc(/C=C/C(=O)Oc2cccc([N+](=O)[O-])c2)c1)Oc1cccc([N+](=O)[O-])c1. The van der Waals surface area contributed by atoms with E-state index >= 15 is 0 Å². The number of ether oxygens (including phenoxy) is 2. The summed E-state index contributed by atoms with van der Waals surface area (Å²) in [5.41, 5.74) is 0.867. The van der Waals surface area contributed by atoms with E-state index in [0.29, 0.717) is 11.1 Å². The van der Waals surface area contributed by atoms with Crippen molar-refractivity contribution >= 4 is 35.5 Å². The van der Waals surface area contributed by atoms with Crippen LogP contribution in [0.1, 0.15) is 11.1 Å². The molecule has 0 bridgehead atoms. The quantitative estimate of drug-likeness (QED) is 0.154. The maximum atomic E-state index is 12.0. The fourth-order valence-electron chi connectivity index (χ4n) is 2.72. The van der Waals surface area contributed by atoms with Crippen LogP contribution in [0.4, 0.5) is 11.4 Å². The molecular weight excluding hydrogens is 444 g/mol. The first-order valence-electron chi connectivity index (χ1n) is 9.69. The van der Waals surface area contributed by atoms with Crippen LogP contribution in [-0.4, -0.2) is 21.8 Å². The van der Waals surface area contributed by atoms with Gasteiger partial charge in [0.2, 0.25) is 0 Å². The van der Waals surface area contributed by atoms with Crippen molar-refractivity contribution in [2.45, 2.75) is 0 Å². The van der Waals surface area contributed by atoms with Gasteiger partial charge >= 0.3 is 11.9 Å². The molecule has 0 aliphatic heterocycles. The van der Waals surface area contributed by atoms with E-state index in [0.717, 1.165) is 24.3 Å². The summed E-state index contributed by atoms with van der Waals surface area (Å²) in [5, 5.41) is 21.6. The Balaban J connectivity index is 1.60. The summed E-state index contributed by atoms with van der Waals surface area (Å²) in [6.45, 7) is 0. The molecule has 0 spiro atoms. The van der Waals surface area contributed by atoms with E-state index in [9.17, 15) is 29.8 Å². The van der Waals surface area contributed by atoms with Crippen LogP contribution in [0.2, 0.25) is 0 Å². The number of nitro groups is 2. The summed E-state index contributed by atoms with van der Waals surface area (Å²) in [6, 6.07) is 17.4. The first-order valence-corrected chi connectivity index (χ1v) is 9.69. The first kappa shape index (κ1) is 23.5. The van der Waals surface area contributed by atoms with Crippen LogP contribution in [-0.2, 0) is 9.59 Å². The zero-order valence-electron chi connectivity index (χ0n) is 17.4. The highest BCUT2D eigenvalue weighted by Gasteiger charge is 2.09. The Morgan fingerprint density at radius 1 is 0.647 bits per heavy atom. The molecule has 0 N–H and O–H groups in total. The van der Waals surface area contributed by atoms with Crippen molar-refractivity contribution in [3.05, 3.63) is 116 Å². The highest BCUT2D eigenvalue weighted by Crippen LogP contribution is 2.20. The lowest BCUT2D eigenvalue weighted by Gasteiger charge is -2.02. The smallest absolute Gasteiger partial charge is 0.336 e. The number of esters is 2. The van der Waals surface area contributed by atoms with E-state index in [1.54, 1.807) is 24.3 Å². The fraction of sp³-hybridized carbons (Fsp3) is 0. The van der Waals surface area contributed by atoms with E-state index in [2.05, 4.69) is 0 Å². The molecule has 3 aromatic rings. The van der Waals surface area contributed by atoms with Crippen LogP contribution in [0.25, 0.3) is 12.2 Å². The maximum absolute atomic E-state index is 12.0. The Bertz CT molecular complexity index is 1220. The third-order valence-corrected chi connectivity index (χ3v) is 4.23. The molecule has 0 radical (unpaired) electrons. The molecule has 170 valence electrons. The standard InChI is InChI=1S/C24H16N2O8/c27-23(33-21-8-2-6-19(15-21)25(29)30)12-10-17-4-1-5-18(14-17)11-13-24(28)34-22-9-3-7-20(16-22)26(31)32/h1-16H/b12-10+,13-11+. The minimum Gasteiger partial charge on any atom is -0.423 e. The molecule has 10 heteroatoms. The molecule has 0 heterocycles. The van der Waals surface area contributed by atoms with Gasteiger partial charge in [-0.05, 0) is 41.5 Å². The lowest BCUT2D eigenvalue weighted by Crippen LogP contribution is -2.04. The van der Waals surface area contributed by atoms with E-state index < -0.39 is 21.8 Å². The van der Waals surface area contributed by atoms with Crippen molar-refractivity contribution < 1.29 is 28.9 Å². The molecule has 0 saturated carbocycles. The predicted octanol–water partition coefficient (Wildman–Crippen LogP) is 4.74. The van der Waals surface area contributed by atoms with Crippen LogP contribution in [0, 0.1) is 20.2 Å². The maximum Gasteiger partial charge on any atom is 0.336 e. The van der Waals surface area contributed by atoms with Gasteiger partial charge < -0.3 is 9.47 Å². The molecule has 0 fully saturated rings. The van der Waals surface area contributed by atoms with Gasteiger partial charge in [-0.25, -0.2) is 9.59 Å². The Kier molecular flexibility index (Phi) is 7.59. The summed E-state index contributed by atoms with van der Waals surface area (Å²) >= 11 is 0. The summed E-state index contributed by atoms with van der Waals surface area (Å²) in [7, 11) is 0. The van der Waals surface area contributed by atoms with Crippen molar-refractivity contribution in [3.8, 4) is 11.5 Å². The van der Waals surface area contributed by atoms with Crippen LogP contribution >= 0.6 is 0 Å². The zero-order chi connectivity index (χ0) is 24.5. The molecule has 0 amide bonds. The third kappa shape index (κ3) is 6.95. The van der Waals surface area contributed by atoms with Crippen molar-refractivity contribution in [1.82, 2.24) is 0 Å². The lowest BCUT2D eigenvalue weighted by atomic mass is 10.1. The number of non-ortho nitro benzene ring substituents is 2. The molecule has 0 aliphatic carbocycles. The minimum atomic E-state index is -0.720. The molecule has 3 rings (SSSR count). The molecule has 0 aliphatic rings. The number of carbonyl (C=O) groups excluding carboxylic acids is 2. The average Bonchev–Trinajstić information content (AvgIpc) is 2.82. The van der Waals surface area contributed by atoms with E-state index in [1.165, 1.54) is 48.6 Å². The van der Waals surface area contributed by atoms with Gasteiger partial charge in [0.25, 0.3) is 11.4 Å². The Labute approximate surface area is 192 Å². The van der Waals surface area contributed by atoms with Crippen LogP contribution in [0.3, 0.4) is 0 Å². The highest BCUT2D eigenvalue weighted by molar-refractivity contribution is 5.90. The van der Waals surface area contributed by atoms with Crippen molar-refractivity contribution in [3.63, 3.8) is 0 Å². The number of rotatable bonds is 8. The van der Waals surface area contributed by atoms with Gasteiger partial charge in [-0.3, -0.25) is 20.2 Å². The Hall–Kier alpha value is -5.12. The Morgan fingerprint density at radius 2 is 1.06 bits per heavy atom. The normalized spacial score (nSPS) is 10.8. The molecular formula is C24H16N2O8. The van der Waals surface area contributed by atoms with Gasteiger partial charge in [0.1, 0.15) is 11.5 Å². The summed E-state index contributed by atoms with van der Waals surface area (Å²) < 4.78 is 10.1. The number of hydrogen-bond acceptors (Lipinski definition) is 8. The fourth-order valence-corrected chi connectivity index (χ4v) is 2.72. The molecule has 0 atom stereocenters. The van der Waals surface area contributed by atoms with Gasteiger partial charge in [0, 0.05) is 24.3 Å². The van der Waals surface area contributed by atoms with Gasteiger partial charge in [0.15, 0.2) is 0 Å². The van der Waals surface area contributed by atoms with Gasteiger partial charge in [0.05, 0.1) is 22.0 Å². The van der Waals surface area contributed by atoms with Gasteiger partial charge in [-0.1, -0.05) is 30.3 Å². The van der Waals surface area contributed by atoms with Crippen LogP contribution in [0.5, 0.6) is 11.5 Å². The second kappa shape index (κ2) is 11.0. The monoisotopic (exact) mass is 460 g/mol. The number of hydrogen-bond donors (Lipinski definition) is 0. The highest BCUT2D eigenvalue weighted by atomic mass is 16.6. The van der Waals surface area contributed by atoms with Crippen molar-refractivity contribution in [1.29, 1.82) is 0 Å². The van der Waals surface area contributed by atoms with Crippen molar-refractivity contribution in [2.24, 2.45) is 0 Å². The first-order chi connectivity index (χ1) is 16.3. The molecule has 10 nitrogen and oxygen atoms in total. The summed E-state index contributed by atoms with van der Waals surface area (Å²) in [4.78, 5) is 44.4. The van der Waals surface area contributed by atoms with Crippen LogP contribution < -0.4 is 9.47 Å². The second-order valence-electron chi connectivity index (χ2n) is 6.69. The van der Waals surface area contributed by atoms with E-state index in [-0.39, 0.29) is 22.9 Å². The lowest BCUT2D eigenvalue weighted by molar-refractivity contribution is -0.385. The topological polar surface area (TPSA) is 139 Å². The van der Waals surface area contributed by atoms with E-state index in [1.807, 2.05) is 0 Å². The van der Waals surface area contributed by atoms with Crippen LogP contribution in [0.15, 0.2) is 84.9 Å². The minimum absolute atomic E-state index is 0.0443. The largest absolute Gasteiger partial charge is 0.423 e. The summed E-state index contributed by atoms with van der Waals surface area (Å²) in [6.07, 6.45) is 5.30. The third-order valence-electron chi connectivity index (χ3n) is 4.23. The molecule has 0 aromatic heterocycles. The predicted molar refractivity (Wildman–Crippen MR) is 122 cm³/mol. The molecule has 3 aromatic carbocycles. The molecule has 0 unspecified atom stereocenters. The van der Waals surface area contributed by atoms with Crippen molar-refractivity contribution in [2.75, 3.05) is 0 Å². The number of carbonyl (C=O) groups is 2.